The topological polar surface area (TPSA) is 124 Å². The van der Waals surface area contributed by atoms with Crippen molar-refractivity contribution in [3.8, 4) is 33.8 Å². The van der Waals surface area contributed by atoms with Gasteiger partial charge in [0.1, 0.15) is 34.8 Å². The minimum atomic E-state index is -3.05. The number of hydrogen-bond acceptors (Lipinski definition) is 10. The fraction of sp³-hybridized carbons (Fsp3) is 0.292. The fourth-order valence-corrected chi connectivity index (χ4v) is 9.29. The van der Waals surface area contributed by atoms with Crippen LogP contribution in [0.2, 0.25) is 0 Å². The zero-order valence-electron chi connectivity index (χ0n) is 35.9. The zero-order valence-corrected chi connectivity index (χ0v) is 35.9. The molecule has 12 rings (SSSR count). The van der Waals surface area contributed by atoms with E-state index in [0.29, 0.717) is 33.3 Å². The van der Waals surface area contributed by atoms with Gasteiger partial charge in [0.2, 0.25) is 11.3 Å². The lowest BCUT2D eigenvalue weighted by Gasteiger charge is -2.31. The standard InChI is InChI=1S/2C24H17F5N4O2/c2*25-15-6-17-19(5-14(15)12-8-30-22(31-9-12)24(29)10-34-11-24)33-18(7-16(26)21(33)32-17)13-3-1-2-4-20(13)35-23(27)28/h2*1-6,8-9,16,18,23H,7,10-11H2/t16-,18+;16-,18-/m01/s1. The number of benzene rings is 4. The average molecular weight is 977 g/mol. The lowest BCUT2D eigenvalue weighted by Crippen LogP contribution is -2.43. The maximum absolute atomic E-state index is 15.0. The van der Waals surface area contributed by atoms with Gasteiger partial charge in [-0.25, -0.2) is 56.2 Å². The molecule has 22 heteroatoms. The first kappa shape index (κ1) is 45.3. The summed E-state index contributed by atoms with van der Waals surface area (Å²) in [6.07, 6.45) is 2.23. The lowest BCUT2D eigenvalue weighted by molar-refractivity contribution is -0.140. The zero-order chi connectivity index (χ0) is 48.6. The first-order valence-electron chi connectivity index (χ1n) is 21.7. The molecule has 4 atom stereocenters. The molecule has 4 aliphatic rings. The monoisotopic (exact) mass is 976 g/mol. The third-order valence-electron chi connectivity index (χ3n) is 12.7. The van der Waals surface area contributed by atoms with Crippen LogP contribution < -0.4 is 9.47 Å². The molecule has 0 spiro atoms. The molecule has 4 aromatic heterocycles. The van der Waals surface area contributed by atoms with Gasteiger partial charge in [-0.15, -0.1) is 0 Å². The van der Waals surface area contributed by atoms with Gasteiger partial charge in [0, 0.05) is 83.1 Å². The van der Waals surface area contributed by atoms with E-state index in [4.69, 9.17) is 9.47 Å². The first-order valence-corrected chi connectivity index (χ1v) is 21.7. The Hall–Kier alpha value is -7.20. The Morgan fingerprint density at radius 2 is 0.929 bits per heavy atom. The number of aromatic nitrogens is 8. The molecule has 4 aliphatic heterocycles. The summed E-state index contributed by atoms with van der Waals surface area (Å²) < 4.78 is 163. The predicted octanol–water partition coefficient (Wildman–Crippen LogP) is 10.9. The number of ether oxygens (including phenoxy) is 4. The Morgan fingerprint density at radius 1 is 0.557 bits per heavy atom. The first-order chi connectivity index (χ1) is 33.7. The van der Waals surface area contributed by atoms with Crippen molar-refractivity contribution in [2.24, 2.45) is 0 Å². The van der Waals surface area contributed by atoms with Crippen LogP contribution in [0.5, 0.6) is 11.5 Å². The molecule has 0 N–H and O–H groups in total. The second-order valence-electron chi connectivity index (χ2n) is 17.1. The summed E-state index contributed by atoms with van der Waals surface area (Å²) in [7, 11) is 0. The summed E-state index contributed by atoms with van der Waals surface area (Å²) in [6, 6.07) is 16.3. The van der Waals surface area contributed by atoms with Gasteiger partial charge in [0.05, 0.1) is 60.6 Å². The van der Waals surface area contributed by atoms with Crippen LogP contribution in [-0.4, -0.2) is 78.7 Å². The van der Waals surface area contributed by atoms with Gasteiger partial charge < -0.3 is 28.1 Å². The molecule has 4 aromatic carbocycles. The second kappa shape index (κ2) is 17.3. The van der Waals surface area contributed by atoms with E-state index in [0.717, 1.165) is 0 Å². The highest BCUT2D eigenvalue weighted by atomic mass is 19.3. The van der Waals surface area contributed by atoms with E-state index in [1.54, 1.807) is 45.5 Å². The molecule has 2 fully saturated rings. The highest BCUT2D eigenvalue weighted by molar-refractivity contribution is 5.85. The predicted molar refractivity (Wildman–Crippen MR) is 228 cm³/mol. The van der Waals surface area contributed by atoms with Crippen molar-refractivity contribution in [1.82, 2.24) is 39.0 Å². The van der Waals surface area contributed by atoms with Gasteiger partial charge >= 0.3 is 13.2 Å². The molecule has 8 aromatic rings. The average Bonchev–Trinajstić information content (AvgIpc) is 4.06. The highest BCUT2D eigenvalue weighted by Gasteiger charge is 2.45. The number of alkyl halides is 8. The van der Waals surface area contributed by atoms with E-state index in [1.807, 2.05) is 0 Å². The van der Waals surface area contributed by atoms with Gasteiger partial charge in [-0.05, 0) is 24.3 Å². The number of fused-ring (bicyclic) bond motifs is 6. The largest absolute Gasteiger partial charge is 0.434 e. The van der Waals surface area contributed by atoms with Crippen molar-refractivity contribution in [2.45, 2.75) is 61.8 Å². The van der Waals surface area contributed by atoms with Crippen LogP contribution in [-0.2, 0) is 20.8 Å². The van der Waals surface area contributed by atoms with E-state index in [9.17, 15) is 35.1 Å². The summed E-state index contributed by atoms with van der Waals surface area (Å²) in [5.74, 6) is -1.36. The van der Waals surface area contributed by atoms with Crippen molar-refractivity contribution in [3.05, 3.63) is 144 Å². The number of para-hydroxylation sites is 2. The number of rotatable bonds is 10. The lowest BCUT2D eigenvalue weighted by atomic mass is 10.0. The molecule has 2 saturated heterocycles. The van der Waals surface area contributed by atoms with Gasteiger partial charge in [0.25, 0.3) is 0 Å². The molecule has 0 saturated carbocycles. The maximum atomic E-state index is 15.0. The van der Waals surface area contributed by atoms with Gasteiger partial charge in [-0.1, -0.05) is 36.4 Å². The molecule has 0 amide bonds. The van der Waals surface area contributed by atoms with Crippen LogP contribution >= 0.6 is 0 Å². The Morgan fingerprint density at radius 3 is 1.27 bits per heavy atom. The quantitative estimate of drug-likeness (QED) is 0.122. The molecule has 0 unspecified atom stereocenters. The van der Waals surface area contributed by atoms with Crippen molar-refractivity contribution in [2.75, 3.05) is 26.4 Å². The maximum Gasteiger partial charge on any atom is 0.387 e. The SMILES string of the molecule is Fc1cc2nc3n(c2cc1-c1cnc(C2(F)COC2)nc1)[C@@H](c1ccccc1OC(F)F)C[C@@H]3F.Fc1cc2nc3n(c2cc1-c1cnc(C2(F)COC2)nc1)[C@@H](c1ccccc1OC(F)F)C[C@H]3F. The Kier molecular flexibility index (Phi) is 11.2. The van der Waals surface area contributed by atoms with E-state index < -0.39 is 60.6 Å². The van der Waals surface area contributed by atoms with Gasteiger partial charge in [-0.3, -0.25) is 0 Å². The van der Waals surface area contributed by atoms with Crippen LogP contribution in [0.3, 0.4) is 0 Å². The van der Waals surface area contributed by atoms with Crippen LogP contribution in [0, 0.1) is 11.6 Å². The molecule has 70 heavy (non-hydrogen) atoms. The van der Waals surface area contributed by atoms with Crippen molar-refractivity contribution in [1.29, 1.82) is 0 Å². The summed E-state index contributed by atoms with van der Waals surface area (Å²) in [5, 5.41) is 0. The van der Waals surface area contributed by atoms with Crippen LogP contribution in [0.25, 0.3) is 44.3 Å². The number of nitrogens with zero attached hydrogens (tertiary/aromatic N) is 8. The van der Waals surface area contributed by atoms with E-state index in [-0.39, 0.29) is 96.2 Å². The molecule has 8 heterocycles. The molecular formula is C48H34F10N8O4. The number of halogens is 10. The molecule has 360 valence electrons. The highest BCUT2D eigenvalue weighted by Crippen LogP contribution is 2.48. The van der Waals surface area contributed by atoms with Crippen LogP contribution in [0.4, 0.5) is 43.9 Å². The molecule has 12 nitrogen and oxygen atoms in total. The Labute approximate surface area is 388 Å². The summed E-state index contributed by atoms with van der Waals surface area (Å²) in [6.45, 7) is -6.66. The van der Waals surface area contributed by atoms with Crippen molar-refractivity contribution >= 4 is 22.1 Å². The van der Waals surface area contributed by atoms with Crippen molar-refractivity contribution in [3.63, 3.8) is 0 Å². The number of hydrogen-bond donors (Lipinski definition) is 0. The smallest absolute Gasteiger partial charge is 0.387 e. The Bertz CT molecular complexity index is 3060. The fourth-order valence-electron chi connectivity index (χ4n) is 9.29. The minimum absolute atomic E-state index is 0.0347. The molecular weight excluding hydrogens is 943 g/mol. The van der Waals surface area contributed by atoms with Gasteiger partial charge in [-0.2, -0.15) is 17.6 Å². The molecule has 0 bridgehead atoms. The van der Waals surface area contributed by atoms with E-state index in [2.05, 4.69) is 39.4 Å². The molecule has 0 radical (unpaired) electrons. The van der Waals surface area contributed by atoms with Crippen LogP contribution in [0.1, 0.15) is 71.7 Å². The van der Waals surface area contributed by atoms with Crippen LogP contribution in [0.15, 0.2) is 97.6 Å². The summed E-state index contributed by atoms with van der Waals surface area (Å²) in [4.78, 5) is 24.7. The summed E-state index contributed by atoms with van der Waals surface area (Å²) >= 11 is 0. The second-order valence-corrected chi connectivity index (χ2v) is 17.1. The number of imidazole rings is 2. The Balaban J connectivity index is 0.000000152. The normalized spacial score (nSPS) is 20.7. The van der Waals surface area contributed by atoms with E-state index in [1.165, 1.54) is 61.2 Å². The third-order valence-corrected chi connectivity index (χ3v) is 12.7. The van der Waals surface area contributed by atoms with Crippen molar-refractivity contribution < 1.29 is 62.9 Å². The molecule has 0 aliphatic carbocycles. The minimum Gasteiger partial charge on any atom is -0.434 e. The summed E-state index contributed by atoms with van der Waals surface area (Å²) in [5.41, 5.74) is -0.731. The van der Waals surface area contributed by atoms with E-state index >= 15 is 8.78 Å². The van der Waals surface area contributed by atoms with Gasteiger partial charge in [0.15, 0.2) is 24.0 Å². The third kappa shape index (κ3) is 7.81.